The standard InChI is InChI=1S/C26H35BF2N4O5/c1-25(2,33-12-10-26(28,29)18-33)15-21(16-30)24(35)32-11-6-9-20(17-32)13-22(34)31-23(38-27(36)37)14-19-7-4-3-5-8-19/h3-5,7-8,15,20,23,36-37H,6,9-14,17-18H2,1-2H3,(H,31,34)/t20-,23-/m1/s1. The van der Waals surface area contributed by atoms with Crippen LogP contribution in [0.2, 0.25) is 0 Å². The highest BCUT2D eigenvalue weighted by Crippen LogP contribution is 2.33. The van der Waals surface area contributed by atoms with Gasteiger partial charge in [-0.05, 0) is 44.2 Å². The summed E-state index contributed by atoms with van der Waals surface area (Å²) in [4.78, 5) is 29.0. The number of hydrogen-bond donors (Lipinski definition) is 3. The molecule has 9 nitrogen and oxygen atoms in total. The number of nitriles is 1. The number of alkyl halides is 2. The average molecular weight is 532 g/mol. The van der Waals surface area contributed by atoms with Crippen molar-refractivity contribution in [2.24, 2.45) is 5.92 Å². The Bertz CT molecular complexity index is 1050. The quantitative estimate of drug-likeness (QED) is 0.182. The normalized spacial score (nSPS) is 21.0. The van der Waals surface area contributed by atoms with Gasteiger partial charge < -0.3 is 24.9 Å². The molecule has 0 saturated carbocycles. The predicted molar refractivity (Wildman–Crippen MR) is 136 cm³/mol. The molecular formula is C26H35BF2N4O5. The minimum Gasteiger partial charge on any atom is -0.402 e. The first-order valence-electron chi connectivity index (χ1n) is 12.8. The first kappa shape index (κ1) is 29.7. The summed E-state index contributed by atoms with van der Waals surface area (Å²) in [6.45, 7) is 3.85. The van der Waals surface area contributed by atoms with Crippen molar-refractivity contribution in [1.29, 1.82) is 5.26 Å². The third-order valence-electron chi connectivity index (χ3n) is 6.99. The van der Waals surface area contributed by atoms with Gasteiger partial charge in [0.05, 0.1) is 6.54 Å². The molecular weight excluding hydrogens is 497 g/mol. The van der Waals surface area contributed by atoms with E-state index >= 15 is 0 Å². The molecule has 12 heteroatoms. The number of carbonyl (C=O) groups is 2. The van der Waals surface area contributed by atoms with Crippen LogP contribution in [0.25, 0.3) is 0 Å². The summed E-state index contributed by atoms with van der Waals surface area (Å²) >= 11 is 0. The third-order valence-corrected chi connectivity index (χ3v) is 6.99. The van der Waals surface area contributed by atoms with Crippen molar-refractivity contribution in [3.05, 3.63) is 47.5 Å². The largest absolute Gasteiger partial charge is 0.635 e. The summed E-state index contributed by atoms with van der Waals surface area (Å²) < 4.78 is 32.5. The summed E-state index contributed by atoms with van der Waals surface area (Å²) in [7, 11) is -2.06. The first-order valence-corrected chi connectivity index (χ1v) is 12.8. The molecule has 0 aromatic heterocycles. The summed E-state index contributed by atoms with van der Waals surface area (Å²) in [5.41, 5.74) is -0.173. The van der Waals surface area contributed by atoms with E-state index in [4.69, 9.17) is 4.65 Å². The fourth-order valence-corrected chi connectivity index (χ4v) is 5.01. The summed E-state index contributed by atoms with van der Waals surface area (Å²) in [5.74, 6) is -3.80. The molecule has 0 bridgehead atoms. The van der Waals surface area contributed by atoms with Crippen molar-refractivity contribution >= 4 is 19.1 Å². The van der Waals surface area contributed by atoms with Gasteiger partial charge >= 0.3 is 7.32 Å². The van der Waals surface area contributed by atoms with E-state index in [2.05, 4.69) is 5.32 Å². The lowest BCUT2D eigenvalue weighted by Crippen LogP contribution is -2.46. The van der Waals surface area contributed by atoms with E-state index in [1.54, 1.807) is 18.7 Å². The minimum atomic E-state index is -2.79. The van der Waals surface area contributed by atoms with Crippen LogP contribution in [0.1, 0.15) is 45.1 Å². The van der Waals surface area contributed by atoms with Gasteiger partial charge in [-0.1, -0.05) is 30.3 Å². The van der Waals surface area contributed by atoms with Gasteiger partial charge in [0.1, 0.15) is 17.9 Å². The molecule has 0 unspecified atom stereocenters. The lowest BCUT2D eigenvalue weighted by Gasteiger charge is -2.35. The second-order valence-electron chi connectivity index (χ2n) is 10.5. The van der Waals surface area contributed by atoms with Gasteiger partial charge in [-0.3, -0.25) is 14.5 Å². The van der Waals surface area contributed by atoms with Crippen molar-refractivity contribution in [2.75, 3.05) is 26.2 Å². The Morgan fingerprint density at radius 3 is 2.63 bits per heavy atom. The topological polar surface area (TPSA) is 126 Å². The number of halogens is 2. The summed E-state index contributed by atoms with van der Waals surface area (Å²) in [5, 5.41) is 30.9. The molecule has 2 fully saturated rings. The summed E-state index contributed by atoms with van der Waals surface area (Å²) in [6.07, 6.45) is 1.89. The molecule has 1 aromatic carbocycles. The van der Waals surface area contributed by atoms with Crippen molar-refractivity contribution in [3.63, 3.8) is 0 Å². The van der Waals surface area contributed by atoms with Crippen LogP contribution in [-0.2, 0) is 20.7 Å². The van der Waals surface area contributed by atoms with Gasteiger partial charge in [-0.25, -0.2) is 8.78 Å². The van der Waals surface area contributed by atoms with Crippen LogP contribution in [0.15, 0.2) is 42.0 Å². The number of amides is 2. The highest BCUT2D eigenvalue weighted by Gasteiger charge is 2.43. The van der Waals surface area contributed by atoms with Gasteiger partial charge in [0.25, 0.3) is 11.8 Å². The number of nitrogens with one attached hydrogen (secondary N) is 1. The van der Waals surface area contributed by atoms with Crippen molar-refractivity contribution < 1.29 is 33.1 Å². The number of piperidine rings is 1. The molecule has 1 aromatic rings. The zero-order valence-corrected chi connectivity index (χ0v) is 21.8. The minimum absolute atomic E-state index is 0.0832. The second-order valence-corrected chi connectivity index (χ2v) is 10.5. The van der Waals surface area contributed by atoms with E-state index < -0.39 is 37.5 Å². The molecule has 2 aliphatic heterocycles. The number of carbonyl (C=O) groups excluding carboxylic acids is 2. The van der Waals surface area contributed by atoms with Gasteiger partial charge in [0.2, 0.25) is 5.91 Å². The fraction of sp³-hybridized carbons (Fsp3) is 0.577. The maximum Gasteiger partial charge on any atom is 0.635 e. The third kappa shape index (κ3) is 8.59. The van der Waals surface area contributed by atoms with E-state index in [1.165, 1.54) is 11.0 Å². The predicted octanol–water partition coefficient (Wildman–Crippen LogP) is 1.86. The van der Waals surface area contributed by atoms with Crippen LogP contribution in [0.4, 0.5) is 8.78 Å². The Morgan fingerprint density at radius 2 is 2.03 bits per heavy atom. The Kier molecular flexibility index (Phi) is 10.0. The van der Waals surface area contributed by atoms with Crippen LogP contribution in [0.3, 0.4) is 0 Å². The van der Waals surface area contributed by atoms with Gasteiger partial charge in [-0.2, -0.15) is 5.26 Å². The number of benzene rings is 1. The van der Waals surface area contributed by atoms with Gasteiger partial charge in [0, 0.05) is 44.4 Å². The molecule has 0 aliphatic carbocycles. The van der Waals surface area contributed by atoms with Crippen LogP contribution in [0.5, 0.6) is 0 Å². The Balaban J connectivity index is 1.60. The smallest absolute Gasteiger partial charge is 0.402 e. The Hall–Kier alpha value is -2.85. The number of hydrogen-bond acceptors (Lipinski definition) is 7. The molecule has 2 amide bonds. The fourth-order valence-electron chi connectivity index (χ4n) is 5.01. The van der Waals surface area contributed by atoms with Crippen molar-refractivity contribution in [1.82, 2.24) is 15.1 Å². The number of nitrogens with zero attached hydrogens (tertiary/aromatic N) is 3. The molecule has 3 N–H and O–H groups in total. The van der Waals surface area contributed by atoms with Crippen LogP contribution in [-0.4, -0.2) is 82.9 Å². The molecule has 38 heavy (non-hydrogen) atoms. The van der Waals surface area contributed by atoms with Crippen molar-refractivity contribution in [3.8, 4) is 6.07 Å². The Morgan fingerprint density at radius 1 is 1.32 bits per heavy atom. The molecule has 2 atom stereocenters. The zero-order valence-electron chi connectivity index (χ0n) is 21.8. The SMILES string of the molecule is CC(C)(C=C(C#N)C(=O)N1CCC[C@H](CC(=O)N[C@@H](Cc2ccccc2)OB(O)O)C1)N1CCC(F)(F)C1. The molecule has 0 radical (unpaired) electrons. The van der Waals surface area contributed by atoms with Gasteiger partial charge in [0.15, 0.2) is 0 Å². The van der Waals surface area contributed by atoms with Gasteiger partial charge in [-0.15, -0.1) is 0 Å². The molecule has 2 saturated heterocycles. The van der Waals surface area contributed by atoms with E-state index in [-0.39, 0.29) is 49.8 Å². The monoisotopic (exact) mass is 532 g/mol. The lowest BCUT2D eigenvalue weighted by molar-refractivity contribution is -0.131. The van der Waals surface area contributed by atoms with Crippen LogP contribution < -0.4 is 5.32 Å². The molecule has 0 spiro atoms. The maximum atomic E-state index is 13.7. The second kappa shape index (κ2) is 12.8. The van der Waals surface area contributed by atoms with Crippen LogP contribution in [0, 0.1) is 17.2 Å². The van der Waals surface area contributed by atoms with E-state index in [1.807, 2.05) is 36.4 Å². The van der Waals surface area contributed by atoms with E-state index in [0.717, 1.165) is 5.56 Å². The molecule has 206 valence electrons. The first-order chi connectivity index (χ1) is 17.9. The number of rotatable bonds is 10. The average Bonchev–Trinajstić information content (AvgIpc) is 3.23. The molecule has 3 rings (SSSR count). The van der Waals surface area contributed by atoms with E-state index in [9.17, 15) is 33.7 Å². The zero-order chi connectivity index (χ0) is 27.9. The highest BCUT2D eigenvalue weighted by molar-refractivity contribution is 6.32. The lowest BCUT2D eigenvalue weighted by atomic mass is 9.93. The Labute approximate surface area is 222 Å². The van der Waals surface area contributed by atoms with E-state index in [0.29, 0.717) is 19.4 Å². The number of likely N-dealkylation sites (tertiary alicyclic amines) is 2. The summed E-state index contributed by atoms with van der Waals surface area (Å²) in [6, 6.07) is 11.1. The molecule has 2 heterocycles. The highest BCUT2D eigenvalue weighted by atomic mass is 19.3. The van der Waals surface area contributed by atoms with Crippen molar-refractivity contribution in [2.45, 2.75) is 63.6 Å². The molecule has 2 aliphatic rings. The maximum absolute atomic E-state index is 13.7. The van der Waals surface area contributed by atoms with Crippen LogP contribution >= 0.6 is 0 Å².